The zero-order valence-electron chi connectivity index (χ0n) is 15.0. The summed E-state index contributed by atoms with van der Waals surface area (Å²) in [5.74, 6) is 2.71. The molecule has 0 radical (unpaired) electrons. The van der Waals surface area contributed by atoms with E-state index in [4.69, 9.17) is 14.0 Å². The van der Waals surface area contributed by atoms with Gasteiger partial charge >= 0.3 is 0 Å². The topological polar surface area (TPSA) is 86.5 Å². The fourth-order valence-corrected chi connectivity index (χ4v) is 3.55. The van der Waals surface area contributed by atoms with Crippen LogP contribution in [0.15, 0.2) is 34.2 Å². The van der Waals surface area contributed by atoms with Crippen LogP contribution >= 0.6 is 11.3 Å². The Balaban J connectivity index is 1.46. The maximum atomic E-state index is 12.5. The number of methoxy groups -OCH3 is 2. The SMILES string of the molecule is COc1ccc(CC(=O)Nc2ccsc2-c2nc(C3CC3)no2)cc1OC. The maximum Gasteiger partial charge on any atom is 0.270 e. The highest BCUT2D eigenvalue weighted by Crippen LogP contribution is 2.40. The van der Waals surface area contributed by atoms with Crippen LogP contribution in [0, 0.1) is 0 Å². The number of ether oxygens (including phenoxy) is 2. The first-order chi connectivity index (χ1) is 13.2. The summed E-state index contributed by atoms with van der Waals surface area (Å²) in [7, 11) is 3.15. The van der Waals surface area contributed by atoms with E-state index in [0.29, 0.717) is 29.0 Å². The Kier molecular flexibility index (Phi) is 4.81. The van der Waals surface area contributed by atoms with Crippen molar-refractivity contribution < 1.29 is 18.8 Å². The van der Waals surface area contributed by atoms with Crippen LogP contribution in [0.1, 0.15) is 30.1 Å². The molecule has 7 nitrogen and oxygen atoms in total. The van der Waals surface area contributed by atoms with Crippen LogP contribution in [-0.2, 0) is 11.2 Å². The number of benzene rings is 1. The lowest BCUT2D eigenvalue weighted by Gasteiger charge is -2.10. The van der Waals surface area contributed by atoms with E-state index in [1.807, 2.05) is 17.5 Å². The molecular formula is C19H19N3O4S. The first kappa shape index (κ1) is 17.5. The van der Waals surface area contributed by atoms with E-state index in [9.17, 15) is 4.79 Å². The number of rotatable bonds is 7. The third kappa shape index (κ3) is 3.80. The van der Waals surface area contributed by atoms with Crippen molar-refractivity contribution in [2.75, 3.05) is 19.5 Å². The molecule has 0 saturated heterocycles. The molecule has 0 atom stereocenters. The fourth-order valence-electron chi connectivity index (χ4n) is 2.78. The number of aromatic nitrogens is 2. The van der Waals surface area contributed by atoms with Gasteiger partial charge in [-0.3, -0.25) is 4.79 Å². The highest BCUT2D eigenvalue weighted by molar-refractivity contribution is 7.14. The predicted octanol–water partition coefficient (Wildman–Crippen LogP) is 3.87. The van der Waals surface area contributed by atoms with E-state index in [2.05, 4.69) is 15.5 Å². The number of hydrogen-bond donors (Lipinski definition) is 1. The fraction of sp³-hybridized carbons (Fsp3) is 0.316. The molecular weight excluding hydrogens is 366 g/mol. The van der Waals surface area contributed by atoms with Gasteiger partial charge in [-0.25, -0.2) is 0 Å². The van der Waals surface area contributed by atoms with Crippen molar-refractivity contribution in [1.82, 2.24) is 10.1 Å². The largest absolute Gasteiger partial charge is 0.493 e. The summed E-state index contributed by atoms with van der Waals surface area (Å²) in [5.41, 5.74) is 1.51. The van der Waals surface area contributed by atoms with Crippen molar-refractivity contribution >= 4 is 22.9 Å². The molecule has 2 aromatic heterocycles. The molecule has 3 aromatic rings. The molecule has 1 aliphatic rings. The van der Waals surface area contributed by atoms with Crippen molar-refractivity contribution in [3.05, 3.63) is 41.0 Å². The number of hydrogen-bond acceptors (Lipinski definition) is 7. The van der Waals surface area contributed by atoms with Crippen molar-refractivity contribution in [1.29, 1.82) is 0 Å². The lowest BCUT2D eigenvalue weighted by Crippen LogP contribution is -2.14. The standard InChI is InChI=1S/C19H19N3O4S/c1-24-14-6-3-11(9-15(14)25-2)10-16(23)20-13-7-8-27-17(13)19-21-18(22-26-19)12-4-5-12/h3,6-9,12H,4-5,10H2,1-2H3,(H,20,23). The van der Waals surface area contributed by atoms with Gasteiger partial charge in [0.15, 0.2) is 17.3 Å². The number of thiophene rings is 1. The van der Waals surface area contributed by atoms with Gasteiger partial charge in [0.25, 0.3) is 5.89 Å². The number of anilines is 1. The van der Waals surface area contributed by atoms with Crippen LogP contribution in [0.4, 0.5) is 5.69 Å². The summed E-state index contributed by atoms with van der Waals surface area (Å²) < 4.78 is 15.9. The predicted molar refractivity (Wildman–Crippen MR) is 101 cm³/mol. The van der Waals surface area contributed by atoms with Crippen LogP contribution < -0.4 is 14.8 Å². The monoisotopic (exact) mass is 385 g/mol. The average molecular weight is 385 g/mol. The highest BCUT2D eigenvalue weighted by Gasteiger charge is 2.29. The highest BCUT2D eigenvalue weighted by atomic mass is 32.1. The van der Waals surface area contributed by atoms with Crippen LogP contribution in [0.5, 0.6) is 11.5 Å². The van der Waals surface area contributed by atoms with E-state index >= 15 is 0 Å². The number of nitrogens with zero attached hydrogens (tertiary/aromatic N) is 2. The second kappa shape index (κ2) is 7.40. The summed E-state index contributed by atoms with van der Waals surface area (Å²) in [6.45, 7) is 0. The summed E-state index contributed by atoms with van der Waals surface area (Å²) in [6, 6.07) is 7.27. The second-order valence-electron chi connectivity index (χ2n) is 6.31. The molecule has 0 unspecified atom stereocenters. The van der Waals surface area contributed by atoms with Crippen LogP contribution in [-0.4, -0.2) is 30.3 Å². The molecule has 27 heavy (non-hydrogen) atoms. The zero-order chi connectivity index (χ0) is 18.8. The van der Waals surface area contributed by atoms with Crippen molar-refractivity contribution in [2.24, 2.45) is 0 Å². The molecule has 8 heteroatoms. The summed E-state index contributed by atoms with van der Waals surface area (Å²) in [6.07, 6.45) is 2.43. The normalized spacial score (nSPS) is 13.4. The molecule has 0 bridgehead atoms. The van der Waals surface area contributed by atoms with Gasteiger partial charge in [-0.1, -0.05) is 11.2 Å². The molecule has 2 heterocycles. The minimum absolute atomic E-state index is 0.135. The van der Waals surface area contributed by atoms with Crippen molar-refractivity contribution in [3.63, 3.8) is 0 Å². The molecule has 0 aliphatic heterocycles. The number of carbonyl (C=O) groups excluding carboxylic acids is 1. The Morgan fingerprint density at radius 1 is 1.26 bits per heavy atom. The van der Waals surface area contributed by atoms with Gasteiger partial charge in [-0.05, 0) is 42.0 Å². The number of nitrogens with one attached hydrogen (secondary N) is 1. The Bertz CT molecular complexity index is 962. The van der Waals surface area contributed by atoms with Gasteiger partial charge in [0.05, 0.1) is 26.3 Å². The second-order valence-corrected chi connectivity index (χ2v) is 7.23. The smallest absolute Gasteiger partial charge is 0.270 e. The maximum absolute atomic E-state index is 12.5. The van der Waals surface area contributed by atoms with Crippen molar-refractivity contribution in [3.8, 4) is 22.3 Å². The quantitative estimate of drug-likeness (QED) is 0.664. The molecule has 1 aromatic carbocycles. The molecule has 1 amide bonds. The first-order valence-corrected chi connectivity index (χ1v) is 9.48. The first-order valence-electron chi connectivity index (χ1n) is 8.60. The third-order valence-corrected chi connectivity index (χ3v) is 5.23. The van der Waals surface area contributed by atoms with E-state index < -0.39 is 0 Å². The summed E-state index contributed by atoms with van der Waals surface area (Å²) in [4.78, 5) is 17.7. The van der Waals surface area contributed by atoms with Gasteiger partial charge < -0.3 is 19.3 Å². The summed E-state index contributed by atoms with van der Waals surface area (Å²) >= 11 is 1.46. The zero-order valence-corrected chi connectivity index (χ0v) is 15.8. The van der Waals surface area contributed by atoms with Gasteiger partial charge in [-0.15, -0.1) is 11.3 Å². The van der Waals surface area contributed by atoms with Gasteiger partial charge in [0, 0.05) is 5.92 Å². The Hall–Kier alpha value is -2.87. The van der Waals surface area contributed by atoms with Crippen LogP contribution in [0.3, 0.4) is 0 Å². The molecule has 140 valence electrons. The minimum atomic E-state index is -0.135. The Morgan fingerprint density at radius 3 is 2.81 bits per heavy atom. The lowest BCUT2D eigenvalue weighted by atomic mass is 10.1. The van der Waals surface area contributed by atoms with Gasteiger partial charge in [0.1, 0.15) is 4.88 Å². The molecule has 4 rings (SSSR count). The van der Waals surface area contributed by atoms with Gasteiger partial charge in [0.2, 0.25) is 5.91 Å². The van der Waals surface area contributed by atoms with Crippen LogP contribution in [0.25, 0.3) is 10.8 Å². The van der Waals surface area contributed by atoms with E-state index in [0.717, 1.165) is 29.1 Å². The minimum Gasteiger partial charge on any atom is -0.493 e. The molecule has 1 saturated carbocycles. The van der Waals surface area contributed by atoms with E-state index in [1.165, 1.54) is 11.3 Å². The number of amides is 1. The molecule has 1 aliphatic carbocycles. The Labute approximate surface area is 160 Å². The molecule has 1 N–H and O–H groups in total. The van der Waals surface area contributed by atoms with Crippen molar-refractivity contribution in [2.45, 2.75) is 25.2 Å². The average Bonchev–Trinajstić information content (AvgIpc) is 3.23. The molecule has 0 spiro atoms. The van der Waals surface area contributed by atoms with Gasteiger partial charge in [-0.2, -0.15) is 4.98 Å². The summed E-state index contributed by atoms with van der Waals surface area (Å²) in [5, 5.41) is 8.86. The Morgan fingerprint density at radius 2 is 2.07 bits per heavy atom. The third-order valence-electron chi connectivity index (χ3n) is 4.33. The molecule has 1 fully saturated rings. The van der Waals surface area contributed by atoms with Crippen LogP contribution in [0.2, 0.25) is 0 Å². The lowest BCUT2D eigenvalue weighted by molar-refractivity contribution is -0.115. The van der Waals surface area contributed by atoms with E-state index in [-0.39, 0.29) is 12.3 Å². The van der Waals surface area contributed by atoms with E-state index in [1.54, 1.807) is 26.4 Å². The number of carbonyl (C=O) groups is 1.